The summed E-state index contributed by atoms with van der Waals surface area (Å²) in [5, 5.41) is 6.86. The van der Waals surface area contributed by atoms with Crippen molar-refractivity contribution in [2.45, 2.75) is 19.3 Å². The largest absolute Gasteiger partial charge is 0.454 e. The van der Waals surface area contributed by atoms with E-state index in [1.165, 1.54) is 33.0 Å². The zero-order valence-electron chi connectivity index (χ0n) is 32.7. The predicted molar refractivity (Wildman–Crippen MR) is 245 cm³/mol. The molecular weight excluding hydrogens is 721 g/mol. The summed E-state index contributed by atoms with van der Waals surface area (Å²) in [5.41, 5.74) is 14.8. The summed E-state index contributed by atoms with van der Waals surface area (Å²) < 4.78 is 13.2. The zero-order valence-corrected chi connectivity index (χ0v) is 32.7. The Labute approximate surface area is 341 Å². The first kappa shape index (κ1) is 33.6. The molecule has 0 fully saturated rings. The van der Waals surface area contributed by atoms with Gasteiger partial charge in [-0.25, -0.2) is 0 Å². The molecule has 2 aromatic heterocycles. The molecule has 0 saturated heterocycles. The van der Waals surface area contributed by atoms with Gasteiger partial charge in [0.15, 0.2) is 11.2 Å². The van der Waals surface area contributed by atoms with Gasteiger partial charge in [-0.3, -0.25) is 0 Å². The standard InChI is InChI=1S/C55H38N2O2/c1-55(2)47-33-36-31-39(56(37-15-5-3-6-16-37)49-23-13-21-44-42-19-9-11-25-51(42)58-53(44)49)28-27-35(36)32-46(47)41-30-29-40(34-48(41)55)57(38-17-7-4-8-18-38)50-24-14-22-45-43-20-10-12-26-52(43)59-54(45)50/h3-34H,1-2H3. The van der Waals surface area contributed by atoms with E-state index in [1.54, 1.807) is 0 Å². The van der Waals surface area contributed by atoms with E-state index in [1.807, 2.05) is 24.3 Å². The molecule has 0 unspecified atom stereocenters. The summed E-state index contributed by atoms with van der Waals surface area (Å²) in [7, 11) is 0. The molecule has 2 heterocycles. The van der Waals surface area contributed by atoms with Gasteiger partial charge in [0.2, 0.25) is 0 Å². The monoisotopic (exact) mass is 758 g/mol. The van der Waals surface area contributed by atoms with E-state index >= 15 is 0 Å². The summed E-state index contributed by atoms with van der Waals surface area (Å²) >= 11 is 0. The highest BCUT2D eigenvalue weighted by molar-refractivity contribution is 6.12. The molecule has 59 heavy (non-hydrogen) atoms. The van der Waals surface area contributed by atoms with Crippen LogP contribution in [0, 0.1) is 0 Å². The van der Waals surface area contributed by atoms with Crippen molar-refractivity contribution in [2.24, 2.45) is 0 Å². The molecule has 0 atom stereocenters. The van der Waals surface area contributed by atoms with Crippen molar-refractivity contribution in [3.05, 3.63) is 205 Å². The van der Waals surface area contributed by atoms with E-state index in [0.717, 1.165) is 78.0 Å². The molecule has 0 aliphatic heterocycles. The summed E-state index contributed by atoms with van der Waals surface area (Å²) in [6.45, 7) is 4.73. The first-order valence-corrected chi connectivity index (χ1v) is 20.3. The highest BCUT2D eigenvalue weighted by Gasteiger charge is 2.37. The minimum absolute atomic E-state index is 0.252. The molecule has 280 valence electrons. The van der Waals surface area contributed by atoms with Gasteiger partial charge in [0, 0.05) is 49.7 Å². The molecule has 1 aliphatic rings. The molecule has 0 saturated carbocycles. The minimum Gasteiger partial charge on any atom is -0.454 e. The Kier molecular flexibility index (Phi) is 7.24. The van der Waals surface area contributed by atoms with E-state index < -0.39 is 0 Å². The van der Waals surface area contributed by atoms with Crippen LogP contribution in [0.3, 0.4) is 0 Å². The average molecular weight is 759 g/mol. The quantitative estimate of drug-likeness (QED) is 0.169. The Hall–Kier alpha value is -7.56. The van der Waals surface area contributed by atoms with Gasteiger partial charge in [-0.05, 0) is 118 Å². The van der Waals surface area contributed by atoms with Crippen LogP contribution in [0.1, 0.15) is 25.0 Å². The van der Waals surface area contributed by atoms with Crippen LogP contribution in [0.5, 0.6) is 0 Å². The third kappa shape index (κ3) is 5.09. The summed E-state index contributed by atoms with van der Waals surface area (Å²) in [4.78, 5) is 4.66. The van der Waals surface area contributed by atoms with Crippen LogP contribution in [-0.2, 0) is 5.41 Å². The molecule has 1 aliphatic carbocycles. The fraction of sp³-hybridized carbons (Fsp3) is 0.0545. The van der Waals surface area contributed by atoms with Crippen LogP contribution in [-0.4, -0.2) is 0 Å². The molecule has 0 radical (unpaired) electrons. The van der Waals surface area contributed by atoms with Crippen molar-refractivity contribution in [2.75, 3.05) is 9.80 Å². The number of furan rings is 2. The molecule has 11 aromatic rings. The number of nitrogens with zero attached hydrogens (tertiary/aromatic N) is 2. The van der Waals surface area contributed by atoms with E-state index in [0.29, 0.717) is 0 Å². The summed E-state index contributed by atoms with van der Waals surface area (Å²) in [6, 6.07) is 69.3. The number of hydrogen-bond donors (Lipinski definition) is 0. The fourth-order valence-corrected chi connectivity index (χ4v) is 9.56. The van der Waals surface area contributed by atoms with Crippen molar-refractivity contribution in [3.8, 4) is 11.1 Å². The van der Waals surface area contributed by atoms with Gasteiger partial charge in [-0.2, -0.15) is 0 Å². The van der Waals surface area contributed by atoms with Crippen molar-refractivity contribution in [1.82, 2.24) is 0 Å². The van der Waals surface area contributed by atoms with Gasteiger partial charge in [-0.1, -0.05) is 123 Å². The minimum atomic E-state index is -0.252. The lowest BCUT2D eigenvalue weighted by Gasteiger charge is -2.28. The first-order chi connectivity index (χ1) is 29.0. The van der Waals surface area contributed by atoms with Crippen molar-refractivity contribution in [3.63, 3.8) is 0 Å². The third-order valence-electron chi connectivity index (χ3n) is 12.4. The number of fused-ring (bicyclic) bond motifs is 10. The second-order valence-corrected chi connectivity index (χ2v) is 16.1. The topological polar surface area (TPSA) is 32.8 Å². The lowest BCUT2D eigenvalue weighted by molar-refractivity contribution is 0.661. The molecule has 0 N–H and O–H groups in total. The lowest BCUT2D eigenvalue weighted by Crippen LogP contribution is -2.16. The van der Waals surface area contributed by atoms with Gasteiger partial charge < -0.3 is 18.6 Å². The van der Waals surface area contributed by atoms with Crippen molar-refractivity contribution >= 4 is 88.8 Å². The maximum absolute atomic E-state index is 6.60. The molecule has 12 rings (SSSR count). The van der Waals surface area contributed by atoms with Gasteiger partial charge in [-0.15, -0.1) is 0 Å². The van der Waals surface area contributed by atoms with E-state index in [-0.39, 0.29) is 5.41 Å². The molecule has 4 heteroatoms. The lowest BCUT2D eigenvalue weighted by atomic mass is 9.81. The maximum Gasteiger partial charge on any atom is 0.159 e. The molecule has 0 bridgehead atoms. The fourth-order valence-electron chi connectivity index (χ4n) is 9.56. The number of benzene rings is 9. The Bertz CT molecular complexity index is 3430. The van der Waals surface area contributed by atoms with Crippen LogP contribution in [0.25, 0.3) is 65.8 Å². The Morgan fingerprint density at radius 1 is 0.356 bits per heavy atom. The number of rotatable bonds is 6. The highest BCUT2D eigenvalue weighted by atomic mass is 16.3. The smallest absolute Gasteiger partial charge is 0.159 e. The molecule has 9 aromatic carbocycles. The van der Waals surface area contributed by atoms with Gasteiger partial charge in [0.05, 0.1) is 11.4 Å². The van der Waals surface area contributed by atoms with Crippen molar-refractivity contribution < 1.29 is 8.83 Å². The third-order valence-corrected chi connectivity index (χ3v) is 12.4. The SMILES string of the molecule is CC1(C)c2cc(N(c3ccccc3)c3cccc4c3oc3ccccc34)ccc2-c2cc3ccc(N(c4ccccc4)c4cccc5c4oc4ccccc45)cc3cc21. The number of hydrogen-bond acceptors (Lipinski definition) is 4. The van der Waals surface area contributed by atoms with E-state index in [4.69, 9.17) is 8.83 Å². The van der Waals surface area contributed by atoms with Crippen LogP contribution < -0.4 is 9.80 Å². The van der Waals surface area contributed by atoms with Crippen LogP contribution in [0.2, 0.25) is 0 Å². The van der Waals surface area contributed by atoms with Crippen LogP contribution in [0.4, 0.5) is 34.1 Å². The Morgan fingerprint density at radius 2 is 0.847 bits per heavy atom. The molecule has 0 spiro atoms. The van der Waals surface area contributed by atoms with Gasteiger partial charge in [0.25, 0.3) is 0 Å². The number of para-hydroxylation sites is 6. The Morgan fingerprint density at radius 3 is 1.44 bits per heavy atom. The second-order valence-electron chi connectivity index (χ2n) is 16.1. The molecule has 0 amide bonds. The normalized spacial score (nSPS) is 13.1. The Balaban J connectivity index is 0.992. The van der Waals surface area contributed by atoms with E-state index in [2.05, 4.69) is 194 Å². The average Bonchev–Trinajstić information content (AvgIpc) is 3.92. The van der Waals surface area contributed by atoms with Gasteiger partial charge >= 0.3 is 0 Å². The summed E-state index contributed by atoms with van der Waals surface area (Å²) in [6.07, 6.45) is 0. The zero-order chi connectivity index (χ0) is 39.2. The van der Waals surface area contributed by atoms with E-state index in [9.17, 15) is 0 Å². The maximum atomic E-state index is 6.60. The van der Waals surface area contributed by atoms with Crippen LogP contribution in [0.15, 0.2) is 203 Å². The second kappa shape index (κ2) is 12.7. The molecular formula is C55H38N2O2. The predicted octanol–water partition coefficient (Wildman–Crippen LogP) is 15.9. The molecule has 4 nitrogen and oxygen atoms in total. The first-order valence-electron chi connectivity index (χ1n) is 20.3. The van der Waals surface area contributed by atoms with Crippen molar-refractivity contribution in [1.29, 1.82) is 0 Å². The highest BCUT2D eigenvalue weighted by Crippen LogP contribution is 2.53. The van der Waals surface area contributed by atoms with Gasteiger partial charge in [0.1, 0.15) is 11.2 Å². The number of anilines is 6. The van der Waals surface area contributed by atoms with Crippen LogP contribution >= 0.6 is 0 Å². The summed E-state index contributed by atoms with van der Waals surface area (Å²) in [5.74, 6) is 0.